The van der Waals surface area contributed by atoms with Gasteiger partial charge in [-0.2, -0.15) is 0 Å². The van der Waals surface area contributed by atoms with E-state index in [9.17, 15) is 9.59 Å². The number of carbonyl (C=O) groups excluding carboxylic acids is 1. The Labute approximate surface area is 126 Å². The molecule has 1 aliphatic carbocycles. The van der Waals surface area contributed by atoms with Gasteiger partial charge in [-0.05, 0) is 38.3 Å². The van der Waals surface area contributed by atoms with E-state index in [0.29, 0.717) is 12.8 Å². The van der Waals surface area contributed by atoms with Crippen LogP contribution in [0.15, 0.2) is 28.7 Å². The Bertz CT molecular complexity index is 542. The van der Waals surface area contributed by atoms with Crippen LogP contribution in [0.4, 0.5) is 0 Å². The van der Waals surface area contributed by atoms with Gasteiger partial charge in [0.2, 0.25) is 5.91 Å². The first kappa shape index (κ1) is 15.0. The molecule has 0 heterocycles. The molecule has 1 amide bonds. The number of benzene rings is 1. The minimum atomic E-state index is -0.880. The van der Waals surface area contributed by atoms with E-state index in [2.05, 4.69) is 21.2 Å². The average molecular weight is 340 g/mol. The maximum absolute atomic E-state index is 12.3. The van der Waals surface area contributed by atoms with Crippen molar-refractivity contribution in [3.63, 3.8) is 0 Å². The van der Waals surface area contributed by atoms with E-state index < -0.39 is 23.3 Å². The summed E-state index contributed by atoms with van der Waals surface area (Å²) in [6.07, 6.45) is 1.23. The van der Waals surface area contributed by atoms with Gasteiger partial charge in [-0.3, -0.25) is 9.59 Å². The van der Waals surface area contributed by atoms with Crippen LogP contribution >= 0.6 is 15.9 Å². The van der Waals surface area contributed by atoms with Crippen LogP contribution < -0.4 is 5.32 Å². The molecule has 108 valence electrons. The maximum Gasteiger partial charge on any atom is 0.307 e. The largest absolute Gasteiger partial charge is 0.481 e. The zero-order chi connectivity index (χ0) is 14.9. The molecule has 0 bridgehead atoms. The third-order valence-corrected chi connectivity index (χ3v) is 4.60. The smallest absolute Gasteiger partial charge is 0.307 e. The summed E-state index contributed by atoms with van der Waals surface area (Å²) in [4.78, 5) is 23.2. The Kier molecular flexibility index (Phi) is 4.18. The molecule has 1 aliphatic rings. The van der Waals surface area contributed by atoms with Gasteiger partial charge in [-0.25, -0.2) is 0 Å². The molecule has 1 aromatic carbocycles. The minimum absolute atomic E-state index is 0.176. The van der Waals surface area contributed by atoms with Crippen molar-refractivity contribution in [3.8, 4) is 0 Å². The highest BCUT2D eigenvalue weighted by molar-refractivity contribution is 9.10. The van der Waals surface area contributed by atoms with Gasteiger partial charge in [0.05, 0.1) is 17.4 Å². The van der Waals surface area contributed by atoms with Crippen LogP contribution in [0, 0.1) is 11.8 Å². The fourth-order valence-electron chi connectivity index (χ4n) is 2.55. The number of carbonyl (C=O) groups is 2. The highest BCUT2D eigenvalue weighted by Gasteiger charge is 2.42. The number of carboxylic acids is 1. The summed E-state index contributed by atoms with van der Waals surface area (Å²) >= 11 is 3.48. The van der Waals surface area contributed by atoms with Gasteiger partial charge in [0.15, 0.2) is 0 Å². The van der Waals surface area contributed by atoms with Crippen molar-refractivity contribution in [2.75, 3.05) is 0 Å². The first-order chi connectivity index (χ1) is 9.33. The Morgan fingerprint density at radius 2 is 1.85 bits per heavy atom. The van der Waals surface area contributed by atoms with Crippen LogP contribution in [0.2, 0.25) is 0 Å². The van der Waals surface area contributed by atoms with Crippen molar-refractivity contribution < 1.29 is 14.7 Å². The summed E-state index contributed by atoms with van der Waals surface area (Å²) in [5.74, 6) is -2.00. The molecule has 2 rings (SSSR count). The first-order valence-electron chi connectivity index (χ1n) is 6.63. The number of rotatable bonds is 4. The molecule has 2 atom stereocenters. The van der Waals surface area contributed by atoms with Gasteiger partial charge in [0.25, 0.3) is 0 Å². The van der Waals surface area contributed by atoms with Crippen molar-refractivity contribution in [3.05, 3.63) is 34.3 Å². The summed E-state index contributed by atoms with van der Waals surface area (Å²) in [5, 5.41) is 12.0. The van der Waals surface area contributed by atoms with Crippen molar-refractivity contribution in [1.82, 2.24) is 5.32 Å². The average Bonchev–Trinajstić information content (AvgIpc) is 2.25. The number of nitrogens with one attached hydrogen (secondary N) is 1. The van der Waals surface area contributed by atoms with E-state index >= 15 is 0 Å². The summed E-state index contributed by atoms with van der Waals surface area (Å²) in [7, 11) is 0. The van der Waals surface area contributed by atoms with Crippen molar-refractivity contribution in [1.29, 1.82) is 0 Å². The molecule has 2 unspecified atom stereocenters. The lowest BCUT2D eigenvalue weighted by molar-refractivity contribution is -0.153. The highest BCUT2D eigenvalue weighted by Crippen LogP contribution is 2.36. The lowest BCUT2D eigenvalue weighted by Crippen LogP contribution is -2.50. The number of hydrogen-bond donors (Lipinski definition) is 2. The van der Waals surface area contributed by atoms with Crippen LogP contribution in [0.3, 0.4) is 0 Å². The van der Waals surface area contributed by atoms with Crippen molar-refractivity contribution in [2.45, 2.75) is 32.2 Å². The van der Waals surface area contributed by atoms with Gasteiger partial charge in [-0.1, -0.05) is 34.1 Å². The Hall–Kier alpha value is -1.36. The SMILES string of the molecule is CC(C)(NC(=O)C1CCC1C(=O)O)c1ccccc1Br. The molecule has 1 saturated carbocycles. The molecule has 4 nitrogen and oxygen atoms in total. The third kappa shape index (κ3) is 2.87. The van der Waals surface area contributed by atoms with Gasteiger partial charge >= 0.3 is 5.97 Å². The predicted molar refractivity (Wildman–Crippen MR) is 79.2 cm³/mol. The summed E-state index contributed by atoms with van der Waals surface area (Å²) < 4.78 is 0.925. The Balaban J connectivity index is 2.11. The van der Waals surface area contributed by atoms with Gasteiger partial charge < -0.3 is 10.4 Å². The number of hydrogen-bond acceptors (Lipinski definition) is 2. The lowest BCUT2D eigenvalue weighted by atomic mass is 9.72. The fraction of sp³-hybridized carbons (Fsp3) is 0.467. The van der Waals surface area contributed by atoms with Gasteiger partial charge in [0.1, 0.15) is 0 Å². The molecule has 1 fully saturated rings. The maximum atomic E-state index is 12.3. The first-order valence-corrected chi connectivity index (χ1v) is 7.42. The minimum Gasteiger partial charge on any atom is -0.481 e. The highest BCUT2D eigenvalue weighted by atomic mass is 79.9. The van der Waals surface area contributed by atoms with Crippen LogP contribution in [0.25, 0.3) is 0 Å². The predicted octanol–water partition coefficient (Wildman–Crippen LogP) is 2.91. The standard InChI is InChI=1S/C15H18BrNO3/c1-15(2,11-5-3-4-6-12(11)16)17-13(18)9-7-8-10(9)14(19)20/h3-6,9-10H,7-8H2,1-2H3,(H,17,18)(H,19,20). The van der Waals surface area contributed by atoms with Gasteiger partial charge in [-0.15, -0.1) is 0 Å². The fourth-order valence-corrected chi connectivity index (χ4v) is 3.33. The molecular formula is C15H18BrNO3. The topological polar surface area (TPSA) is 66.4 Å². The van der Waals surface area contributed by atoms with Crippen LogP contribution in [-0.4, -0.2) is 17.0 Å². The number of carboxylic acid groups (broad SMARTS) is 1. The molecule has 20 heavy (non-hydrogen) atoms. The molecule has 0 aromatic heterocycles. The van der Waals surface area contributed by atoms with Crippen LogP contribution in [-0.2, 0) is 15.1 Å². The third-order valence-electron chi connectivity index (χ3n) is 3.91. The quantitative estimate of drug-likeness (QED) is 0.886. The Morgan fingerprint density at radius 1 is 1.25 bits per heavy atom. The van der Waals surface area contributed by atoms with E-state index in [1.54, 1.807) is 0 Å². The molecular weight excluding hydrogens is 322 g/mol. The molecule has 5 heteroatoms. The molecule has 0 aliphatic heterocycles. The zero-order valence-corrected chi connectivity index (χ0v) is 13.1. The summed E-state index contributed by atoms with van der Waals surface area (Å²) in [6.45, 7) is 3.83. The normalized spacial score (nSPS) is 21.9. The Morgan fingerprint density at radius 3 is 2.35 bits per heavy atom. The lowest BCUT2D eigenvalue weighted by Gasteiger charge is -2.36. The van der Waals surface area contributed by atoms with E-state index in [1.165, 1.54) is 0 Å². The molecule has 0 radical (unpaired) electrons. The summed E-state index contributed by atoms with van der Waals surface area (Å²) in [5.41, 5.74) is 0.426. The molecule has 0 spiro atoms. The van der Waals surface area contributed by atoms with E-state index in [4.69, 9.17) is 5.11 Å². The monoisotopic (exact) mass is 339 g/mol. The molecule has 1 aromatic rings. The second-order valence-electron chi connectivity index (χ2n) is 5.72. The number of halogens is 1. The molecule has 2 N–H and O–H groups in total. The van der Waals surface area contributed by atoms with Gasteiger partial charge in [0, 0.05) is 4.47 Å². The zero-order valence-electron chi connectivity index (χ0n) is 11.5. The van der Waals surface area contributed by atoms with Crippen LogP contribution in [0.5, 0.6) is 0 Å². The summed E-state index contributed by atoms with van der Waals surface area (Å²) in [6, 6.07) is 7.70. The van der Waals surface area contributed by atoms with Crippen molar-refractivity contribution >= 4 is 27.8 Å². The van der Waals surface area contributed by atoms with Crippen molar-refractivity contribution in [2.24, 2.45) is 11.8 Å². The number of aliphatic carboxylic acids is 1. The second kappa shape index (κ2) is 5.56. The van der Waals surface area contributed by atoms with Crippen LogP contribution in [0.1, 0.15) is 32.3 Å². The molecule has 0 saturated heterocycles. The van der Waals surface area contributed by atoms with E-state index in [0.717, 1.165) is 10.0 Å². The van der Waals surface area contributed by atoms with E-state index in [-0.39, 0.29) is 5.91 Å². The number of amides is 1. The second-order valence-corrected chi connectivity index (χ2v) is 6.58. The van der Waals surface area contributed by atoms with E-state index in [1.807, 2.05) is 38.1 Å².